The Morgan fingerprint density at radius 2 is 2.05 bits per heavy atom. The number of aromatic hydroxyl groups is 1. The minimum absolute atomic E-state index is 0.0400. The summed E-state index contributed by atoms with van der Waals surface area (Å²) in [6, 6.07) is 9.13. The minimum atomic E-state index is -0.0400. The number of thiazole rings is 1. The SMILES string of the molecule is Cc1ccc2nc(N=Cc3cc(Cl)cc(Cl)c3O)sc2c1. The third kappa shape index (κ3) is 3.02. The molecule has 0 saturated heterocycles. The highest BCUT2D eigenvalue weighted by Crippen LogP contribution is 2.32. The molecule has 1 heterocycles. The molecule has 3 nitrogen and oxygen atoms in total. The maximum absolute atomic E-state index is 9.88. The van der Waals surface area contributed by atoms with Crippen LogP contribution in [0.15, 0.2) is 35.3 Å². The van der Waals surface area contributed by atoms with Gasteiger partial charge in [0, 0.05) is 16.8 Å². The van der Waals surface area contributed by atoms with Crippen molar-refractivity contribution in [2.75, 3.05) is 0 Å². The molecule has 3 rings (SSSR count). The molecule has 0 aliphatic carbocycles. The van der Waals surface area contributed by atoms with Crippen molar-refractivity contribution in [1.82, 2.24) is 4.98 Å². The number of fused-ring (bicyclic) bond motifs is 1. The third-order valence-electron chi connectivity index (χ3n) is 2.90. The first-order valence-electron chi connectivity index (χ1n) is 6.12. The van der Waals surface area contributed by atoms with Crippen LogP contribution in [0.25, 0.3) is 10.2 Å². The number of phenols is 1. The van der Waals surface area contributed by atoms with E-state index in [2.05, 4.69) is 16.0 Å². The predicted molar refractivity (Wildman–Crippen MR) is 89.7 cm³/mol. The fourth-order valence-corrected chi connectivity index (χ4v) is 3.30. The number of rotatable bonds is 2. The molecule has 0 fully saturated rings. The topological polar surface area (TPSA) is 45.5 Å². The first-order valence-corrected chi connectivity index (χ1v) is 7.69. The summed E-state index contributed by atoms with van der Waals surface area (Å²) in [6.45, 7) is 2.04. The number of hydrogen-bond donors (Lipinski definition) is 1. The number of aromatic nitrogens is 1. The molecule has 1 N–H and O–H groups in total. The van der Waals surface area contributed by atoms with Crippen molar-refractivity contribution in [3.63, 3.8) is 0 Å². The Balaban J connectivity index is 1.98. The molecule has 0 saturated carbocycles. The van der Waals surface area contributed by atoms with Gasteiger partial charge in [-0.05, 0) is 36.8 Å². The highest BCUT2D eigenvalue weighted by Gasteiger charge is 2.07. The van der Waals surface area contributed by atoms with Crippen LogP contribution < -0.4 is 0 Å². The van der Waals surface area contributed by atoms with Crippen molar-refractivity contribution in [2.45, 2.75) is 6.92 Å². The lowest BCUT2D eigenvalue weighted by Crippen LogP contribution is -1.83. The highest BCUT2D eigenvalue weighted by atomic mass is 35.5. The molecule has 0 bridgehead atoms. The van der Waals surface area contributed by atoms with E-state index in [0.29, 0.717) is 15.7 Å². The van der Waals surface area contributed by atoms with Crippen LogP contribution in [-0.4, -0.2) is 16.3 Å². The summed E-state index contributed by atoms with van der Waals surface area (Å²) in [4.78, 5) is 8.71. The fraction of sp³-hybridized carbons (Fsp3) is 0.0667. The van der Waals surface area contributed by atoms with Crippen LogP contribution in [0.4, 0.5) is 5.13 Å². The average Bonchev–Trinajstić information content (AvgIpc) is 2.83. The van der Waals surface area contributed by atoms with Crippen molar-refractivity contribution in [1.29, 1.82) is 0 Å². The lowest BCUT2D eigenvalue weighted by atomic mass is 10.2. The number of nitrogens with zero attached hydrogens (tertiary/aromatic N) is 2. The van der Waals surface area contributed by atoms with Gasteiger partial charge in [-0.2, -0.15) is 0 Å². The van der Waals surface area contributed by atoms with E-state index < -0.39 is 0 Å². The number of halogens is 2. The first-order chi connectivity index (χ1) is 10.0. The monoisotopic (exact) mass is 336 g/mol. The summed E-state index contributed by atoms with van der Waals surface area (Å²) in [5, 5.41) is 11.1. The van der Waals surface area contributed by atoms with Gasteiger partial charge in [0.25, 0.3) is 0 Å². The molecule has 2 aromatic carbocycles. The van der Waals surface area contributed by atoms with Gasteiger partial charge in [0.1, 0.15) is 5.75 Å². The van der Waals surface area contributed by atoms with Gasteiger partial charge in [0.05, 0.1) is 15.2 Å². The van der Waals surface area contributed by atoms with Gasteiger partial charge in [-0.3, -0.25) is 0 Å². The van der Waals surface area contributed by atoms with Gasteiger partial charge < -0.3 is 5.11 Å². The lowest BCUT2D eigenvalue weighted by molar-refractivity contribution is 0.475. The molecule has 0 amide bonds. The number of benzene rings is 2. The summed E-state index contributed by atoms with van der Waals surface area (Å²) in [7, 11) is 0. The van der Waals surface area contributed by atoms with Gasteiger partial charge in [0.2, 0.25) is 5.13 Å². The van der Waals surface area contributed by atoms with Crippen molar-refractivity contribution >= 4 is 56.1 Å². The van der Waals surface area contributed by atoms with Gasteiger partial charge >= 0.3 is 0 Å². The summed E-state index contributed by atoms with van der Waals surface area (Å²) < 4.78 is 1.08. The van der Waals surface area contributed by atoms with Crippen LogP contribution in [-0.2, 0) is 0 Å². The van der Waals surface area contributed by atoms with E-state index in [1.165, 1.54) is 29.2 Å². The van der Waals surface area contributed by atoms with Gasteiger partial charge in [-0.1, -0.05) is 40.6 Å². The Morgan fingerprint density at radius 3 is 2.86 bits per heavy atom. The maximum Gasteiger partial charge on any atom is 0.210 e. The third-order valence-corrected chi connectivity index (χ3v) is 4.34. The second kappa shape index (κ2) is 5.64. The van der Waals surface area contributed by atoms with E-state index in [4.69, 9.17) is 23.2 Å². The van der Waals surface area contributed by atoms with E-state index in [1.807, 2.05) is 19.1 Å². The second-order valence-electron chi connectivity index (χ2n) is 4.55. The van der Waals surface area contributed by atoms with Crippen molar-refractivity contribution in [3.05, 3.63) is 51.5 Å². The van der Waals surface area contributed by atoms with E-state index in [1.54, 1.807) is 6.07 Å². The van der Waals surface area contributed by atoms with E-state index >= 15 is 0 Å². The van der Waals surface area contributed by atoms with Crippen LogP contribution in [0.2, 0.25) is 10.0 Å². The highest BCUT2D eigenvalue weighted by molar-refractivity contribution is 7.22. The zero-order chi connectivity index (χ0) is 15.0. The van der Waals surface area contributed by atoms with E-state index in [0.717, 1.165) is 10.2 Å². The zero-order valence-corrected chi connectivity index (χ0v) is 13.3. The number of aliphatic imine (C=N–C) groups is 1. The Bertz CT molecular complexity index is 858. The van der Waals surface area contributed by atoms with E-state index in [9.17, 15) is 5.11 Å². The average molecular weight is 337 g/mol. The zero-order valence-electron chi connectivity index (χ0n) is 11.0. The van der Waals surface area contributed by atoms with Crippen LogP contribution in [0.3, 0.4) is 0 Å². The van der Waals surface area contributed by atoms with Gasteiger partial charge in [0.15, 0.2) is 0 Å². The molecule has 1 aromatic heterocycles. The number of hydrogen-bond acceptors (Lipinski definition) is 4. The first kappa shape index (κ1) is 14.3. The summed E-state index contributed by atoms with van der Waals surface area (Å²) >= 11 is 13.3. The summed E-state index contributed by atoms with van der Waals surface area (Å²) in [6.07, 6.45) is 1.51. The Kier molecular flexibility index (Phi) is 3.85. The normalized spacial score (nSPS) is 11.6. The number of aryl methyl sites for hydroxylation is 1. The molecule has 0 radical (unpaired) electrons. The smallest absolute Gasteiger partial charge is 0.210 e. The second-order valence-corrected chi connectivity index (χ2v) is 6.40. The summed E-state index contributed by atoms with van der Waals surface area (Å²) in [5.74, 6) is -0.0400. The van der Waals surface area contributed by atoms with E-state index in [-0.39, 0.29) is 10.8 Å². The summed E-state index contributed by atoms with van der Waals surface area (Å²) in [5.41, 5.74) is 2.55. The van der Waals surface area contributed by atoms with Crippen molar-refractivity contribution in [3.8, 4) is 5.75 Å². The van der Waals surface area contributed by atoms with Gasteiger partial charge in [-0.15, -0.1) is 0 Å². The Labute approximate surface area is 135 Å². The van der Waals surface area contributed by atoms with Crippen LogP contribution in [0, 0.1) is 6.92 Å². The maximum atomic E-state index is 9.88. The van der Waals surface area contributed by atoms with Crippen molar-refractivity contribution < 1.29 is 5.11 Å². The molecule has 0 atom stereocenters. The fourth-order valence-electron chi connectivity index (χ4n) is 1.88. The quantitative estimate of drug-likeness (QED) is 0.639. The molecule has 0 aliphatic rings. The largest absolute Gasteiger partial charge is 0.506 e. The molecular weight excluding hydrogens is 327 g/mol. The molecule has 6 heteroatoms. The molecular formula is C15H10Cl2N2OS. The Hall–Kier alpha value is -1.62. The lowest BCUT2D eigenvalue weighted by Gasteiger charge is -2.01. The van der Waals surface area contributed by atoms with Gasteiger partial charge in [-0.25, -0.2) is 9.98 Å². The van der Waals surface area contributed by atoms with Crippen LogP contribution in [0.5, 0.6) is 5.75 Å². The number of phenolic OH excluding ortho intramolecular Hbond substituents is 1. The molecule has 0 aliphatic heterocycles. The molecule has 0 unspecified atom stereocenters. The van der Waals surface area contributed by atoms with Crippen LogP contribution in [0.1, 0.15) is 11.1 Å². The minimum Gasteiger partial charge on any atom is -0.506 e. The molecule has 0 spiro atoms. The Morgan fingerprint density at radius 1 is 1.24 bits per heavy atom. The standard InChI is InChI=1S/C15H10Cl2N2OS/c1-8-2-3-12-13(4-8)21-15(19-12)18-7-9-5-10(16)6-11(17)14(9)20/h2-7,20H,1H3. The molecule has 3 aromatic rings. The molecule has 21 heavy (non-hydrogen) atoms. The predicted octanol–water partition coefficient (Wildman–Crippen LogP) is 5.37. The molecule has 106 valence electrons. The van der Waals surface area contributed by atoms with Crippen LogP contribution >= 0.6 is 34.5 Å². The van der Waals surface area contributed by atoms with Crippen molar-refractivity contribution in [2.24, 2.45) is 4.99 Å².